The summed E-state index contributed by atoms with van der Waals surface area (Å²) in [6, 6.07) is 16.0. The van der Waals surface area contributed by atoms with Crippen LogP contribution >= 0.6 is 0 Å². The minimum Gasteiger partial charge on any atom is -0.481 e. The first-order valence-electron chi connectivity index (χ1n) is 19.1. The average molecular weight is 753 g/mol. The molecule has 2 saturated carbocycles. The van der Waals surface area contributed by atoms with E-state index < -0.39 is 23.7 Å². The summed E-state index contributed by atoms with van der Waals surface area (Å²) in [5, 5.41) is 17.0. The molecule has 5 amide bonds. The van der Waals surface area contributed by atoms with Crippen LogP contribution in [0, 0.1) is 37.5 Å². The molecule has 0 aliphatic heterocycles. The predicted molar refractivity (Wildman–Crippen MR) is 210 cm³/mol. The van der Waals surface area contributed by atoms with Crippen LogP contribution in [0.3, 0.4) is 0 Å². The number of aliphatic carboxylic acids is 1. The van der Waals surface area contributed by atoms with Gasteiger partial charge in [-0.3, -0.25) is 9.59 Å². The number of carbonyl (C=O) groups is 5. The molecule has 8 N–H and O–H groups in total. The second kappa shape index (κ2) is 23.9. The van der Waals surface area contributed by atoms with Gasteiger partial charge < -0.3 is 31.5 Å². The maximum absolute atomic E-state index is 12.4. The molecule has 2 aromatic rings. The fraction of sp³-hybridized carbons (Fsp3) is 0.585. The number of carboxylic acid groups (broad SMARTS) is 1. The van der Waals surface area contributed by atoms with Crippen LogP contribution in [0.25, 0.3) is 0 Å². The van der Waals surface area contributed by atoms with Crippen LogP contribution in [0.15, 0.2) is 48.5 Å². The number of nitrogens with two attached hydrogens (primary N) is 1. The second-order valence-corrected chi connectivity index (χ2v) is 15.3. The van der Waals surface area contributed by atoms with Crippen LogP contribution in [0.2, 0.25) is 0 Å². The maximum atomic E-state index is 12.4. The Morgan fingerprint density at radius 3 is 1.61 bits per heavy atom. The minimum absolute atomic E-state index is 0.124. The van der Waals surface area contributed by atoms with Crippen molar-refractivity contribution in [2.45, 2.75) is 111 Å². The van der Waals surface area contributed by atoms with Crippen molar-refractivity contribution in [3.63, 3.8) is 0 Å². The van der Waals surface area contributed by atoms with Crippen molar-refractivity contribution in [3.8, 4) is 0 Å². The number of carboxylic acids is 1. The molecule has 0 bridgehead atoms. The van der Waals surface area contributed by atoms with Crippen molar-refractivity contribution in [1.29, 1.82) is 0 Å². The summed E-state index contributed by atoms with van der Waals surface area (Å²) < 4.78 is 4.97. The molecule has 0 unspecified atom stereocenters. The first kappa shape index (κ1) is 45.5. The molecule has 0 radical (unpaired) electrons. The lowest BCUT2D eigenvalue weighted by molar-refractivity contribution is -0.143. The zero-order valence-electron chi connectivity index (χ0n) is 33.1. The number of ketones is 1. The molecule has 4 rings (SSSR count). The van der Waals surface area contributed by atoms with Crippen LogP contribution in [0.1, 0.15) is 101 Å². The van der Waals surface area contributed by atoms with E-state index in [1.54, 1.807) is 27.8 Å². The zero-order valence-corrected chi connectivity index (χ0v) is 33.1. The zero-order chi connectivity index (χ0) is 40.1. The third-order valence-corrected chi connectivity index (χ3v) is 9.64. The van der Waals surface area contributed by atoms with Crippen LogP contribution < -0.4 is 32.5 Å². The number of hydrogen-bond acceptors (Lipinski definition) is 7. The molecule has 2 aliphatic rings. The van der Waals surface area contributed by atoms with Crippen molar-refractivity contribution in [1.82, 2.24) is 26.8 Å². The lowest BCUT2D eigenvalue weighted by Crippen LogP contribution is -2.49. The third kappa shape index (κ3) is 19.4. The first-order chi connectivity index (χ1) is 25.6. The number of carbonyl (C=O) groups excluding carboxylic acids is 4. The molecule has 13 heteroatoms. The molecule has 0 atom stereocenters. The van der Waals surface area contributed by atoms with E-state index >= 15 is 0 Å². The fourth-order valence-electron chi connectivity index (χ4n) is 6.27. The molecule has 0 aromatic heterocycles. The summed E-state index contributed by atoms with van der Waals surface area (Å²) in [6.07, 6.45) is 7.58. The van der Waals surface area contributed by atoms with E-state index in [9.17, 15) is 24.0 Å². The van der Waals surface area contributed by atoms with Crippen molar-refractivity contribution in [3.05, 3.63) is 70.8 Å². The van der Waals surface area contributed by atoms with E-state index in [1.165, 1.54) is 22.3 Å². The Morgan fingerprint density at radius 2 is 1.17 bits per heavy atom. The molecule has 13 nitrogen and oxygen atoms in total. The maximum Gasteiger partial charge on any atom is 0.426 e. The summed E-state index contributed by atoms with van der Waals surface area (Å²) in [6.45, 7) is 11.1. The molecule has 0 heterocycles. The summed E-state index contributed by atoms with van der Waals surface area (Å²) >= 11 is 0. The van der Waals surface area contributed by atoms with Crippen molar-refractivity contribution in [2.24, 2.45) is 29.4 Å². The Kier molecular flexibility index (Phi) is 20.1. The SMILES string of the molecule is CC(C)(C)OC(=O)NNC(=O)NCC1CCC(C(=O)O)CC1.CNC(=O)NCC1CCC(C(=O)CCc2ccc(C)cc2)CC1.Cc1ccc(CN)cc1. The first-order valence-corrected chi connectivity index (χ1v) is 19.1. The van der Waals surface area contributed by atoms with Crippen LogP contribution in [-0.2, 0) is 27.3 Å². The van der Waals surface area contributed by atoms with Gasteiger partial charge in [-0.15, -0.1) is 0 Å². The Morgan fingerprint density at radius 1 is 0.704 bits per heavy atom. The van der Waals surface area contributed by atoms with Gasteiger partial charge in [-0.2, -0.15) is 0 Å². The predicted octanol–water partition coefficient (Wildman–Crippen LogP) is 6.30. The Balaban J connectivity index is 0.000000305. The van der Waals surface area contributed by atoms with Gasteiger partial charge >= 0.3 is 24.1 Å². The lowest BCUT2D eigenvalue weighted by Gasteiger charge is -2.27. The van der Waals surface area contributed by atoms with Crippen LogP contribution in [0.5, 0.6) is 0 Å². The van der Waals surface area contributed by atoms with E-state index in [2.05, 4.69) is 89.2 Å². The number of hydrazine groups is 1. The summed E-state index contributed by atoms with van der Waals surface area (Å²) in [5.74, 6) is 0.390. The molecule has 54 heavy (non-hydrogen) atoms. The number of hydrogen-bond donors (Lipinski definition) is 7. The Hall–Kier alpha value is -4.65. The van der Waals surface area contributed by atoms with E-state index in [1.807, 2.05) is 0 Å². The number of nitrogens with one attached hydrogen (secondary N) is 5. The van der Waals surface area contributed by atoms with Gasteiger partial charge in [0.25, 0.3) is 0 Å². The molecular formula is C41H64N6O7. The smallest absolute Gasteiger partial charge is 0.426 e. The molecule has 300 valence electrons. The van der Waals surface area contributed by atoms with Gasteiger partial charge in [0, 0.05) is 39.0 Å². The quantitative estimate of drug-likeness (QED) is 0.137. The van der Waals surface area contributed by atoms with Gasteiger partial charge in [0.1, 0.15) is 11.4 Å². The van der Waals surface area contributed by atoms with Crippen molar-refractivity contribution in [2.75, 3.05) is 20.1 Å². The number of aryl methyl sites for hydroxylation is 3. The highest BCUT2D eigenvalue weighted by Crippen LogP contribution is 2.30. The second-order valence-electron chi connectivity index (χ2n) is 15.3. The minimum atomic E-state index is -0.745. The molecule has 2 aliphatic carbocycles. The van der Waals surface area contributed by atoms with Crippen molar-refractivity contribution < 1.29 is 33.8 Å². The summed E-state index contributed by atoms with van der Waals surface area (Å²) in [4.78, 5) is 57.3. The van der Waals surface area contributed by atoms with Gasteiger partial charge in [0.05, 0.1) is 5.92 Å². The third-order valence-electron chi connectivity index (χ3n) is 9.64. The van der Waals surface area contributed by atoms with E-state index in [0.29, 0.717) is 50.6 Å². The van der Waals surface area contributed by atoms with Gasteiger partial charge in [-0.25, -0.2) is 25.2 Å². The average Bonchev–Trinajstić information content (AvgIpc) is 3.15. The highest BCUT2D eigenvalue weighted by molar-refractivity contribution is 5.81. The largest absolute Gasteiger partial charge is 0.481 e. The number of rotatable bonds is 10. The monoisotopic (exact) mass is 752 g/mol. The molecule has 2 aromatic carbocycles. The summed E-state index contributed by atoms with van der Waals surface area (Å²) in [5.41, 5.74) is 14.1. The highest BCUT2D eigenvalue weighted by atomic mass is 16.6. The Bertz CT molecular complexity index is 1440. The molecular weight excluding hydrogens is 688 g/mol. The van der Waals surface area contributed by atoms with Gasteiger partial charge in [0.2, 0.25) is 0 Å². The number of Topliss-reactive ketones (excluding diaryl/α,β-unsaturated/α-hetero) is 1. The molecule has 0 spiro atoms. The van der Waals surface area contributed by atoms with Crippen LogP contribution in [-0.4, -0.2) is 60.8 Å². The molecule has 0 saturated heterocycles. The number of ether oxygens (including phenoxy) is 1. The van der Waals surface area contributed by atoms with Gasteiger partial charge in [-0.1, -0.05) is 59.7 Å². The number of urea groups is 2. The van der Waals surface area contributed by atoms with E-state index in [0.717, 1.165) is 44.9 Å². The topological polar surface area (TPSA) is 201 Å². The summed E-state index contributed by atoms with van der Waals surface area (Å²) in [7, 11) is 1.62. The van der Waals surface area contributed by atoms with Gasteiger partial charge in [-0.05, 0) is 115 Å². The van der Waals surface area contributed by atoms with Crippen LogP contribution in [0.4, 0.5) is 14.4 Å². The highest BCUT2D eigenvalue weighted by Gasteiger charge is 2.27. The Labute approximate surface area is 321 Å². The standard InChI is InChI=1S/C19H28N2O2.C14H25N3O5.C8H11N/c1-14-3-5-15(6-4-14)9-12-18(22)17-10-7-16(8-11-17)13-21-19(23)20-2;1-14(2,3)22-13(21)17-16-12(20)15-8-9-4-6-10(7-5-9)11(18)19;1-7-2-4-8(6-9)5-3-7/h3-6,16-17H,7-13H2,1-2H3,(H2,20,21,23);9-10H,4-8H2,1-3H3,(H,17,21)(H,18,19)(H2,15,16,20);2-5H,6,9H2,1H3. The fourth-order valence-corrected chi connectivity index (χ4v) is 6.27. The number of benzene rings is 2. The molecule has 2 fully saturated rings. The van der Waals surface area contributed by atoms with E-state index in [-0.39, 0.29) is 23.8 Å². The van der Waals surface area contributed by atoms with Gasteiger partial charge in [0.15, 0.2) is 0 Å². The van der Waals surface area contributed by atoms with Crippen molar-refractivity contribution >= 4 is 29.9 Å². The normalized spacial score (nSPS) is 19.2. The number of amides is 5. The van der Waals surface area contributed by atoms with E-state index in [4.69, 9.17) is 15.6 Å². The lowest BCUT2D eigenvalue weighted by atomic mass is 9.79.